The van der Waals surface area contributed by atoms with E-state index in [1.54, 1.807) is 41.2 Å². The summed E-state index contributed by atoms with van der Waals surface area (Å²) in [5, 5.41) is 0. The zero-order valence-electron chi connectivity index (χ0n) is 16.7. The smallest absolute Gasteiger partial charge is 0.263 e. The van der Waals surface area contributed by atoms with Crippen LogP contribution in [0.2, 0.25) is 0 Å². The van der Waals surface area contributed by atoms with Gasteiger partial charge in [-0.2, -0.15) is 0 Å². The molecular weight excluding hydrogens is 354 g/mol. The van der Waals surface area contributed by atoms with E-state index in [2.05, 4.69) is 18.8 Å². The summed E-state index contributed by atoms with van der Waals surface area (Å²) in [5.74, 6) is 1.07. The molecule has 0 bridgehead atoms. The van der Waals surface area contributed by atoms with Crippen LogP contribution in [0.15, 0.2) is 48.8 Å². The lowest BCUT2D eigenvalue weighted by Crippen LogP contribution is -2.53. The fourth-order valence-electron chi connectivity index (χ4n) is 3.25. The molecule has 6 nitrogen and oxygen atoms in total. The van der Waals surface area contributed by atoms with Gasteiger partial charge < -0.3 is 14.5 Å². The number of ether oxygens (including phenoxy) is 1. The normalized spacial score (nSPS) is 15.4. The Hall–Kier alpha value is -2.89. The number of aromatic nitrogens is 1. The second-order valence-electron chi connectivity index (χ2n) is 7.34. The largest absolute Gasteiger partial charge is 0.481 e. The van der Waals surface area contributed by atoms with Crippen molar-refractivity contribution in [3.8, 4) is 5.75 Å². The molecule has 1 aromatic heterocycles. The van der Waals surface area contributed by atoms with Crippen LogP contribution in [-0.2, 0) is 4.79 Å². The maximum absolute atomic E-state index is 12.7. The van der Waals surface area contributed by atoms with E-state index in [4.69, 9.17) is 4.74 Å². The van der Waals surface area contributed by atoms with Gasteiger partial charge in [0.2, 0.25) is 0 Å². The summed E-state index contributed by atoms with van der Waals surface area (Å²) < 4.78 is 5.83. The van der Waals surface area contributed by atoms with Gasteiger partial charge in [0.25, 0.3) is 11.8 Å². The van der Waals surface area contributed by atoms with Crippen molar-refractivity contribution in [3.05, 3.63) is 59.9 Å². The number of benzene rings is 1. The van der Waals surface area contributed by atoms with E-state index in [-0.39, 0.29) is 11.8 Å². The number of carbonyl (C=O) groups is 2. The minimum Gasteiger partial charge on any atom is -0.481 e. The van der Waals surface area contributed by atoms with Crippen molar-refractivity contribution in [2.24, 2.45) is 0 Å². The van der Waals surface area contributed by atoms with E-state index in [1.807, 2.05) is 24.3 Å². The van der Waals surface area contributed by atoms with E-state index >= 15 is 0 Å². The Labute approximate surface area is 166 Å². The zero-order chi connectivity index (χ0) is 20.1. The molecule has 1 saturated heterocycles. The molecule has 2 amide bonds. The predicted molar refractivity (Wildman–Crippen MR) is 107 cm³/mol. The highest BCUT2D eigenvalue weighted by molar-refractivity contribution is 5.94. The second kappa shape index (κ2) is 8.87. The molecule has 1 fully saturated rings. The van der Waals surface area contributed by atoms with Crippen LogP contribution in [0.5, 0.6) is 5.75 Å². The molecule has 6 heteroatoms. The van der Waals surface area contributed by atoms with Crippen LogP contribution in [0.3, 0.4) is 0 Å². The van der Waals surface area contributed by atoms with E-state index in [0.717, 1.165) is 0 Å². The average molecular weight is 381 g/mol. The predicted octanol–water partition coefficient (Wildman–Crippen LogP) is 2.96. The van der Waals surface area contributed by atoms with Gasteiger partial charge in [-0.1, -0.05) is 26.0 Å². The quantitative estimate of drug-likeness (QED) is 0.799. The van der Waals surface area contributed by atoms with Crippen molar-refractivity contribution in [3.63, 3.8) is 0 Å². The van der Waals surface area contributed by atoms with E-state index < -0.39 is 6.10 Å². The van der Waals surface area contributed by atoms with Gasteiger partial charge in [-0.3, -0.25) is 14.6 Å². The first kappa shape index (κ1) is 19.9. The van der Waals surface area contributed by atoms with Gasteiger partial charge in [0, 0.05) is 44.1 Å². The third-order valence-electron chi connectivity index (χ3n) is 5.01. The molecular formula is C22H27N3O3. The SMILES string of the molecule is CC(Oc1ccc(C(C)C)cc1)C(=O)N1CCN(C(=O)c2ccncc2)CC1. The van der Waals surface area contributed by atoms with Crippen molar-refractivity contribution >= 4 is 11.8 Å². The highest BCUT2D eigenvalue weighted by Gasteiger charge is 2.28. The molecule has 2 aromatic rings. The van der Waals surface area contributed by atoms with Crippen LogP contribution in [0.1, 0.15) is 42.6 Å². The molecule has 0 aliphatic carbocycles. The van der Waals surface area contributed by atoms with E-state index in [9.17, 15) is 9.59 Å². The maximum Gasteiger partial charge on any atom is 0.263 e. The second-order valence-corrected chi connectivity index (χ2v) is 7.34. The zero-order valence-corrected chi connectivity index (χ0v) is 16.7. The van der Waals surface area contributed by atoms with Crippen LogP contribution in [0.4, 0.5) is 0 Å². The summed E-state index contributed by atoms with van der Waals surface area (Å²) in [4.78, 5) is 32.7. The number of hydrogen-bond acceptors (Lipinski definition) is 4. The molecule has 0 spiro atoms. The van der Waals surface area contributed by atoms with Gasteiger partial charge in [-0.15, -0.1) is 0 Å². The van der Waals surface area contributed by atoms with Crippen LogP contribution in [0.25, 0.3) is 0 Å². The van der Waals surface area contributed by atoms with Gasteiger partial charge >= 0.3 is 0 Å². The molecule has 28 heavy (non-hydrogen) atoms. The molecule has 1 aliphatic rings. The molecule has 3 rings (SSSR count). The van der Waals surface area contributed by atoms with Gasteiger partial charge in [-0.25, -0.2) is 0 Å². The van der Waals surface area contributed by atoms with E-state index in [0.29, 0.717) is 43.4 Å². The number of pyridine rings is 1. The van der Waals surface area contributed by atoms with Gasteiger partial charge in [0.15, 0.2) is 6.10 Å². The lowest BCUT2D eigenvalue weighted by molar-refractivity contribution is -0.139. The summed E-state index contributed by atoms with van der Waals surface area (Å²) in [6.45, 7) is 8.10. The molecule has 0 N–H and O–H groups in total. The van der Waals surface area contributed by atoms with Gasteiger partial charge in [-0.05, 0) is 42.7 Å². The number of amides is 2. The van der Waals surface area contributed by atoms with E-state index in [1.165, 1.54) is 5.56 Å². The highest BCUT2D eigenvalue weighted by atomic mass is 16.5. The first-order valence-corrected chi connectivity index (χ1v) is 9.70. The molecule has 0 radical (unpaired) electrons. The number of nitrogens with zero attached hydrogens (tertiary/aromatic N) is 3. The number of carbonyl (C=O) groups excluding carboxylic acids is 2. The molecule has 2 heterocycles. The van der Waals surface area contributed by atoms with Crippen LogP contribution < -0.4 is 4.74 Å². The third kappa shape index (κ3) is 4.68. The summed E-state index contributed by atoms with van der Waals surface area (Å²) in [5.41, 5.74) is 1.86. The highest BCUT2D eigenvalue weighted by Crippen LogP contribution is 2.20. The summed E-state index contributed by atoms with van der Waals surface area (Å²) in [6.07, 6.45) is 2.66. The molecule has 0 saturated carbocycles. The molecule has 1 atom stereocenters. The van der Waals surface area contributed by atoms with Crippen LogP contribution >= 0.6 is 0 Å². The summed E-state index contributed by atoms with van der Waals surface area (Å²) >= 11 is 0. The van der Waals surface area contributed by atoms with Crippen LogP contribution in [0, 0.1) is 0 Å². The van der Waals surface area contributed by atoms with Crippen molar-refractivity contribution < 1.29 is 14.3 Å². The number of rotatable bonds is 5. The van der Waals surface area contributed by atoms with Gasteiger partial charge in [0.05, 0.1) is 0 Å². The first-order valence-electron chi connectivity index (χ1n) is 9.70. The van der Waals surface area contributed by atoms with Crippen LogP contribution in [-0.4, -0.2) is 58.9 Å². The summed E-state index contributed by atoms with van der Waals surface area (Å²) in [6, 6.07) is 11.3. The Bertz CT molecular complexity index is 798. The Balaban J connectivity index is 1.52. The third-order valence-corrected chi connectivity index (χ3v) is 5.01. The maximum atomic E-state index is 12.7. The average Bonchev–Trinajstić information content (AvgIpc) is 2.73. The molecule has 1 aliphatic heterocycles. The Morgan fingerprint density at radius 3 is 2.04 bits per heavy atom. The molecule has 1 aromatic carbocycles. The summed E-state index contributed by atoms with van der Waals surface area (Å²) in [7, 11) is 0. The van der Waals surface area contributed by atoms with Crippen molar-refractivity contribution in [2.75, 3.05) is 26.2 Å². The van der Waals surface area contributed by atoms with Crippen molar-refractivity contribution in [1.82, 2.24) is 14.8 Å². The lowest BCUT2D eigenvalue weighted by Gasteiger charge is -2.36. The first-order chi connectivity index (χ1) is 13.5. The molecule has 1 unspecified atom stereocenters. The Morgan fingerprint density at radius 2 is 1.46 bits per heavy atom. The standard InChI is InChI=1S/C22H27N3O3/c1-16(2)18-4-6-20(7-5-18)28-17(3)21(26)24-12-14-25(15-13-24)22(27)19-8-10-23-11-9-19/h4-11,16-17H,12-15H2,1-3H3. The van der Waals surface area contributed by atoms with Gasteiger partial charge in [0.1, 0.15) is 5.75 Å². The van der Waals surface area contributed by atoms with Crippen molar-refractivity contribution in [1.29, 1.82) is 0 Å². The topological polar surface area (TPSA) is 62.7 Å². The number of hydrogen-bond donors (Lipinski definition) is 0. The minimum absolute atomic E-state index is 0.0240. The lowest BCUT2D eigenvalue weighted by atomic mass is 10.0. The Morgan fingerprint density at radius 1 is 0.893 bits per heavy atom. The molecule has 148 valence electrons. The monoisotopic (exact) mass is 381 g/mol. The number of piperazine rings is 1. The van der Waals surface area contributed by atoms with Crippen molar-refractivity contribution in [2.45, 2.75) is 32.8 Å². The fraction of sp³-hybridized carbons (Fsp3) is 0.409. The fourth-order valence-corrected chi connectivity index (χ4v) is 3.25. The minimum atomic E-state index is -0.563. The Kier molecular flexibility index (Phi) is 6.29.